The summed E-state index contributed by atoms with van der Waals surface area (Å²) in [4.78, 5) is 14.0. The van der Waals surface area contributed by atoms with Gasteiger partial charge in [0, 0.05) is 30.2 Å². The van der Waals surface area contributed by atoms with E-state index in [1.807, 2.05) is 32.2 Å². The summed E-state index contributed by atoms with van der Waals surface area (Å²) in [6.07, 6.45) is 2.68. The van der Waals surface area contributed by atoms with Crippen LogP contribution in [-0.2, 0) is 0 Å². The van der Waals surface area contributed by atoms with Gasteiger partial charge in [0.05, 0.1) is 0 Å². The molecular weight excluding hydrogens is 294 g/mol. The minimum atomic E-state index is 0.0535. The van der Waals surface area contributed by atoms with Crippen molar-refractivity contribution in [1.29, 1.82) is 0 Å². The van der Waals surface area contributed by atoms with E-state index in [0.717, 1.165) is 41.4 Å². The van der Waals surface area contributed by atoms with Gasteiger partial charge < -0.3 is 10.0 Å². The summed E-state index contributed by atoms with van der Waals surface area (Å²) in [6, 6.07) is 5.67. The molecule has 0 aliphatic rings. The number of hydrogen-bond acceptors (Lipinski definition) is 2. The fourth-order valence-corrected chi connectivity index (χ4v) is 2.15. The van der Waals surface area contributed by atoms with Gasteiger partial charge in [-0.3, -0.25) is 4.79 Å². The third-order valence-corrected chi connectivity index (χ3v) is 3.86. The van der Waals surface area contributed by atoms with E-state index in [1.165, 1.54) is 0 Å². The molecule has 18 heavy (non-hydrogen) atoms. The predicted octanol–water partition coefficient (Wildman–Crippen LogP) is 2.99. The highest BCUT2D eigenvalue weighted by Gasteiger charge is 2.14. The zero-order valence-corrected chi connectivity index (χ0v) is 12.5. The first kappa shape index (κ1) is 15.2. The molecule has 4 heteroatoms. The number of hydrogen-bond donors (Lipinski definition) is 1. The molecule has 0 heterocycles. The molecule has 1 rings (SSSR count). The van der Waals surface area contributed by atoms with Gasteiger partial charge in [-0.05, 0) is 43.9 Å². The van der Waals surface area contributed by atoms with Gasteiger partial charge in [-0.1, -0.05) is 22.0 Å². The second kappa shape index (κ2) is 7.54. The number of amides is 1. The highest BCUT2D eigenvalue weighted by atomic mass is 79.9. The third-order valence-electron chi connectivity index (χ3n) is 3.00. The molecule has 1 N–H and O–H groups in total. The van der Waals surface area contributed by atoms with Crippen LogP contribution in [0.15, 0.2) is 22.7 Å². The van der Waals surface area contributed by atoms with Crippen molar-refractivity contribution in [2.75, 3.05) is 20.2 Å². The second-order valence-electron chi connectivity index (χ2n) is 4.42. The molecule has 3 nitrogen and oxygen atoms in total. The van der Waals surface area contributed by atoms with Crippen molar-refractivity contribution < 1.29 is 9.90 Å². The highest BCUT2D eigenvalue weighted by molar-refractivity contribution is 9.10. The van der Waals surface area contributed by atoms with Crippen LogP contribution < -0.4 is 0 Å². The van der Waals surface area contributed by atoms with Gasteiger partial charge in [0.1, 0.15) is 0 Å². The lowest BCUT2D eigenvalue weighted by Crippen LogP contribution is -2.28. The van der Waals surface area contributed by atoms with Gasteiger partial charge in [-0.2, -0.15) is 0 Å². The molecule has 0 bridgehead atoms. The summed E-state index contributed by atoms with van der Waals surface area (Å²) in [5.74, 6) is 0.0535. The molecule has 0 aliphatic heterocycles. The number of nitrogens with zero attached hydrogens (tertiary/aromatic N) is 1. The predicted molar refractivity (Wildman–Crippen MR) is 76.8 cm³/mol. The first-order valence-electron chi connectivity index (χ1n) is 6.19. The molecule has 1 aromatic rings. The maximum Gasteiger partial charge on any atom is 0.253 e. The van der Waals surface area contributed by atoms with Crippen LogP contribution in [0.5, 0.6) is 0 Å². The third kappa shape index (κ3) is 4.10. The van der Waals surface area contributed by atoms with Crippen LogP contribution in [0.3, 0.4) is 0 Å². The Balaban J connectivity index is 2.60. The largest absolute Gasteiger partial charge is 0.396 e. The first-order chi connectivity index (χ1) is 8.57. The Morgan fingerprint density at radius 3 is 2.72 bits per heavy atom. The van der Waals surface area contributed by atoms with Crippen LogP contribution in [0.4, 0.5) is 0 Å². The van der Waals surface area contributed by atoms with E-state index in [9.17, 15) is 4.79 Å². The number of halogens is 1. The number of carbonyl (C=O) groups is 1. The van der Waals surface area contributed by atoms with Crippen molar-refractivity contribution in [1.82, 2.24) is 4.90 Å². The second-order valence-corrected chi connectivity index (χ2v) is 5.28. The highest BCUT2D eigenvalue weighted by Crippen LogP contribution is 2.20. The molecule has 0 atom stereocenters. The van der Waals surface area contributed by atoms with E-state index in [1.54, 1.807) is 4.90 Å². The Bertz CT molecular complexity index is 407. The summed E-state index contributed by atoms with van der Waals surface area (Å²) >= 11 is 3.44. The van der Waals surface area contributed by atoms with Gasteiger partial charge in [-0.15, -0.1) is 0 Å². The Labute approximate surface area is 117 Å². The van der Waals surface area contributed by atoms with E-state index >= 15 is 0 Å². The fraction of sp³-hybridized carbons (Fsp3) is 0.500. The van der Waals surface area contributed by atoms with Crippen LogP contribution in [0, 0.1) is 6.92 Å². The number of rotatable bonds is 6. The van der Waals surface area contributed by atoms with E-state index in [0.29, 0.717) is 0 Å². The smallest absolute Gasteiger partial charge is 0.253 e. The number of benzene rings is 1. The molecular formula is C14H20BrNO2. The van der Waals surface area contributed by atoms with E-state index in [-0.39, 0.29) is 12.5 Å². The lowest BCUT2D eigenvalue weighted by Gasteiger charge is -2.18. The van der Waals surface area contributed by atoms with Gasteiger partial charge in [0.25, 0.3) is 5.91 Å². The average molecular weight is 314 g/mol. The Kier molecular flexibility index (Phi) is 6.36. The van der Waals surface area contributed by atoms with E-state index in [2.05, 4.69) is 15.9 Å². The molecule has 0 saturated heterocycles. The number of aliphatic hydroxyl groups excluding tert-OH is 1. The van der Waals surface area contributed by atoms with Gasteiger partial charge in [0.15, 0.2) is 0 Å². The van der Waals surface area contributed by atoms with Crippen LogP contribution in [0.1, 0.15) is 35.2 Å². The molecule has 0 aromatic heterocycles. The molecule has 0 radical (unpaired) electrons. The van der Waals surface area contributed by atoms with Crippen molar-refractivity contribution in [3.63, 3.8) is 0 Å². The maximum atomic E-state index is 12.2. The molecule has 0 fully saturated rings. The Hall–Kier alpha value is -0.870. The van der Waals surface area contributed by atoms with E-state index in [4.69, 9.17) is 5.11 Å². The number of unbranched alkanes of at least 4 members (excludes halogenated alkanes) is 2. The van der Waals surface area contributed by atoms with Crippen LogP contribution in [-0.4, -0.2) is 36.1 Å². The van der Waals surface area contributed by atoms with Crippen molar-refractivity contribution in [2.24, 2.45) is 0 Å². The summed E-state index contributed by atoms with van der Waals surface area (Å²) in [5, 5.41) is 8.70. The van der Waals surface area contributed by atoms with Gasteiger partial charge in [0.2, 0.25) is 0 Å². The maximum absolute atomic E-state index is 12.2. The fourth-order valence-electron chi connectivity index (χ4n) is 1.78. The summed E-state index contributed by atoms with van der Waals surface area (Å²) in [6.45, 7) is 2.89. The molecule has 1 amide bonds. The molecule has 0 saturated carbocycles. The molecule has 0 aliphatic carbocycles. The summed E-state index contributed by atoms with van der Waals surface area (Å²) in [5.41, 5.74) is 1.72. The lowest BCUT2D eigenvalue weighted by atomic mass is 10.1. The molecule has 100 valence electrons. The van der Waals surface area contributed by atoms with Crippen molar-refractivity contribution >= 4 is 21.8 Å². The van der Waals surface area contributed by atoms with E-state index < -0.39 is 0 Å². The van der Waals surface area contributed by atoms with Crippen molar-refractivity contribution in [3.05, 3.63) is 33.8 Å². The first-order valence-corrected chi connectivity index (χ1v) is 6.98. The number of carbonyl (C=O) groups excluding carboxylic acids is 1. The minimum absolute atomic E-state index is 0.0535. The van der Waals surface area contributed by atoms with Crippen molar-refractivity contribution in [3.8, 4) is 0 Å². The molecule has 0 unspecified atom stereocenters. The topological polar surface area (TPSA) is 40.5 Å². The minimum Gasteiger partial charge on any atom is -0.396 e. The zero-order chi connectivity index (χ0) is 13.5. The number of aliphatic hydroxyl groups is 1. The Morgan fingerprint density at radius 1 is 1.33 bits per heavy atom. The van der Waals surface area contributed by atoms with Crippen LogP contribution in [0.2, 0.25) is 0 Å². The van der Waals surface area contributed by atoms with Crippen LogP contribution >= 0.6 is 15.9 Å². The quantitative estimate of drug-likeness (QED) is 0.820. The zero-order valence-electron chi connectivity index (χ0n) is 10.9. The van der Waals surface area contributed by atoms with Gasteiger partial charge >= 0.3 is 0 Å². The van der Waals surface area contributed by atoms with Crippen LogP contribution in [0.25, 0.3) is 0 Å². The molecule has 0 spiro atoms. The summed E-state index contributed by atoms with van der Waals surface area (Å²) in [7, 11) is 1.82. The molecule has 1 aromatic carbocycles. The Morgan fingerprint density at radius 2 is 2.06 bits per heavy atom. The average Bonchev–Trinajstić information content (AvgIpc) is 2.37. The summed E-state index contributed by atoms with van der Waals surface area (Å²) < 4.78 is 0.960. The lowest BCUT2D eigenvalue weighted by molar-refractivity contribution is 0.0791. The SMILES string of the molecule is Cc1c(Br)cccc1C(=O)N(C)CCCCCO. The normalized spacial score (nSPS) is 10.4. The monoisotopic (exact) mass is 313 g/mol. The van der Waals surface area contributed by atoms with Gasteiger partial charge in [-0.25, -0.2) is 0 Å². The standard InChI is InChI=1S/C14H20BrNO2/c1-11-12(7-6-8-13(11)15)14(18)16(2)9-4-3-5-10-17/h6-8,17H,3-5,9-10H2,1-2H3. The van der Waals surface area contributed by atoms with Crippen molar-refractivity contribution in [2.45, 2.75) is 26.2 Å².